The largest absolute Gasteiger partial charge is 0.399 e. The Morgan fingerprint density at radius 3 is 2.61 bits per heavy atom. The van der Waals surface area contributed by atoms with E-state index in [0.29, 0.717) is 11.5 Å². The van der Waals surface area contributed by atoms with Gasteiger partial charge in [-0.05, 0) is 62.0 Å². The van der Waals surface area contributed by atoms with Crippen molar-refractivity contribution in [3.8, 4) is 0 Å². The highest BCUT2D eigenvalue weighted by Gasteiger charge is 2.15. The van der Waals surface area contributed by atoms with Gasteiger partial charge in [-0.3, -0.25) is 4.79 Å². The maximum Gasteiger partial charge on any atom is 0.248 e. The van der Waals surface area contributed by atoms with Crippen molar-refractivity contribution < 1.29 is 4.79 Å². The van der Waals surface area contributed by atoms with Crippen LogP contribution in [0.25, 0.3) is 0 Å². The van der Waals surface area contributed by atoms with Gasteiger partial charge in [0.2, 0.25) is 5.91 Å². The Labute approximate surface area is 114 Å². The van der Waals surface area contributed by atoms with Gasteiger partial charge in [0.25, 0.3) is 0 Å². The molecule has 1 aliphatic rings. The second kappa shape index (κ2) is 6.61. The first-order valence-corrected chi connectivity index (χ1v) is 6.05. The van der Waals surface area contributed by atoms with E-state index in [1.165, 1.54) is 12.8 Å². The third kappa shape index (κ3) is 3.62. The number of primary amides is 1. The fourth-order valence-corrected chi connectivity index (χ4v) is 2.33. The van der Waals surface area contributed by atoms with E-state index >= 15 is 0 Å². The molecule has 2 rings (SSSR count). The molecule has 5 N–H and O–H groups in total. The number of nitrogens with one attached hydrogen (secondary N) is 1. The van der Waals surface area contributed by atoms with Crippen LogP contribution >= 0.6 is 12.4 Å². The van der Waals surface area contributed by atoms with E-state index in [4.69, 9.17) is 11.5 Å². The van der Waals surface area contributed by atoms with Crippen LogP contribution in [0.3, 0.4) is 0 Å². The molecule has 0 atom stereocenters. The quantitative estimate of drug-likeness (QED) is 0.724. The summed E-state index contributed by atoms with van der Waals surface area (Å²) >= 11 is 0. The van der Waals surface area contributed by atoms with Crippen molar-refractivity contribution in [3.63, 3.8) is 0 Å². The first-order chi connectivity index (χ1) is 8.16. The number of carbonyl (C=O) groups excluding carboxylic acids is 1. The number of piperidine rings is 1. The summed E-state index contributed by atoms with van der Waals surface area (Å²) in [5.41, 5.74) is 13.6. The van der Waals surface area contributed by atoms with Gasteiger partial charge in [0.1, 0.15) is 0 Å². The number of amides is 1. The predicted octanol–water partition coefficient (Wildman–Crippen LogP) is 1.33. The summed E-state index contributed by atoms with van der Waals surface area (Å²) in [6.07, 6.45) is 3.27. The molecule has 1 aromatic carbocycles. The molecule has 1 heterocycles. The summed E-state index contributed by atoms with van der Waals surface area (Å²) in [6, 6.07) is 5.29. The molecule has 0 radical (unpaired) electrons. The molecular formula is C13H20ClN3O. The number of halogens is 1. The number of nitrogen functional groups attached to an aromatic ring is 1. The van der Waals surface area contributed by atoms with Gasteiger partial charge in [-0.25, -0.2) is 0 Å². The van der Waals surface area contributed by atoms with Gasteiger partial charge >= 0.3 is 0 Å². The second-order valence-electron chi connectivity index (χ2n) is 4.68. The summed E-state index contributed by atoms with van der Waals surface area (Å²) in [7, 11) is 0. The minimum absolute atomic E-state index is 0. The molecule has 4 nitrogen and oxygen atoms in total. The zero-order valence-electron chi connectivity index (χ0n) is 10.3. The smallest absolute Gasteiger partial charge is 0.248 e. The molecule has 5 heteroatoms. The lowest BCUT2D eigenvalue weighted by Crippen LogP contribution is -2.28. The molecule has 1 aromatic rings. The van der Waals surface area contributed by atoms with Crippen molar-refractivity contribution in [2.45, 2.75) is 19.3 Å². The van der Waals surface area contributed by atoms with E-state index in [-0.39, 0.29) is 12.4 Å². The summed E-state index contributed by atoms with van der Waals surface area (Å²) < 4.78 is 0. The molecule has 1 aliphatic heterocycles. The fourth-order valence-electron chi connectivity index (χ4n) is 2.33. The molecule has 100 valence electrons. The van der Waals surface area contributed by atoms with Gasteiger partial charge in [0.05, 0.1) is 0 Å². The average molecular weight is 270 g/mol. The maximum absolute atomic E-state index is 11.1. The van der Waals surface area contributed by atoms with Gasteiger partial charge in [-0.2, -0.15) is 0 Å². The highest BCUT2D eigenvalue weighted by molar-refractivity contribution is 5.93. The Balaban J connectivity index is 0.00000162. The number of hydrogen-bond acceptors (Lipinski definition) is 3. The van der Waals surface area contributed by atoms with Crippen LogP contribution in [0.2, 0.25) is 0 Å². The number of nitrogens with two attached hydrogens (primary N) is 2. The van der Waals surface area contributed by atoms with Crippen molar-refractivity contribution in [3.05, 3.63) is 29.3 Å². The van der Waals surface area contributed by atoms with Crippen molar-refractivity contribution in [2.75, 3.05) is 18.8 Å². The van der Waals surface area contributed by atoms with Crippen LogP contribution in [0.5, 0.6) is 0 Å². The lowest BCUT2D eigenvalue weighted by Gasteiger charge is -2.23. The topological polar surface area (TPSA) is 81.1 Å². The third-order valence-electron chi connectivity index (χ3n) is 3.39. The van der Waals surface area contributed by atoms with E-state index in [1.807, 2.05) is 6.07 Å². The van der Waals surface area contributed by atoms with Gasteiger partial charge in [-0.1, -0.05) is 0 Å². The van der Waals surface area contributed by atoms with Crippen molar-refractivity contribution in [1.82, 2.24) is 5.32 Å². The molecule has 1 saturated heterocycles. The first-order valence-electron chi connectivity index (χ1n) is 6.05. The van der Waals surface area contributed by atoms with Gasteiger partial charge in [-0.15, -0.1) is 12.4 Å². The molecular weight excluding hydrogens is 250 g/mol. The summed E-state index contributed by atoms with van der Waals surface area (Å²) in [5.74, 6) is 0.262. The van der Waals surface area contributed by atoms with Crippen LogP contribution in [0.1, 0.15) is 28.8 Å². The average Bonchev–Trinajstić information content (AvgIpc) is 2.33. The Hall–Kier alpha value is -1.26. The van der Waals surface area contributed by atoms with Crippen LogP contribution in [0, 0.1) is 5.92 Å². The summed E-state index contributed by atoms with van der Waals surface area (Å²) in [5, 5.41) is 3.34. The standard InChI is InChI=1S/C13H19N3O.ClH/c14-12-2-1-10(13(15)17)8-11(12)7-9-3-5-16-6-4-9;/h1-2,8-9,16H,3-7,14H2,(H2,15,17);1H. The normalized spacial score (nSPS) is 16.0. The Kier molecular flexibility index (Phi) is 5.44. The van der Waals surface area contributed by atoms with E-state index in [0.717, 1.165) is 30.8 Å². The van der Waals surface area contributed by atoms with Crippen LogP contribution in [0.15, 0.2) is 18.2 Å². The fraction of sp³-hybridized carbons (Fsp3) is 0.462. The second-order valence-corrected chi connectivity index (χ2v) is 4.68. The number of benzene rings is 1. The minimum Gasteiger partial charge on any atom is -0.399 e. The van der Waals surface area contributed by atoms with Crippen molar-refractivity contribution >= 4 is 24.0 Å². The molecule has 1 amide bonds. The maximum atomic E-state index is 11.1. The molecule has 0 unspecified atom stereocenters. The third-order valence-corrected chi connectivity index (χ3v) is 3.39. The first kappa shape index (κ1) is 14.8. The molecule has 0 aliphatic carbocycles. The number of carbonyl (C=O) groups is 1. The van der Waals surface area contributed by atoms with Gasteiger partial charge in [0.15, 0.2) is 0 Å². The summed E-state index contributed by atoms with van der Waals surface area (Å²) in [4.78, 5) is 11.1. The highest BCUT2D eigenvalue weighted by Crippen LogP contribution is 2.22. The van der Waals surface area contributed by atoms with E-state index < -0.39 is 5.91 Å². The Bertz CT molecular complexity index is 417. The van der Waals surface area contributed by atoms with Gasteiger partial charge in [0, 0.05) is 11.3 Å². The Morgan fingerprint density at radius 2 is 2.00 bits per heavy atom. The van der Waals surface area contributed by atoms with Crippen molar-refractivity contribution in [2.24, 2.45) is 11.7 Å². The van der Waals surface area contributed by atoms with Crippen LogP contribution < -0.4 is 16.8 Å². The highest BCUT2D eigenvalue weighted by atomic mass is 35.5. The predicted molar refractivity (Wildman–Crippen MR) is 75.9 cm³/mol. The number of hydrogen-bond donors (Lipinski definition) is 3. The summed E-state index contributed by atoms with van der Waals surface area (Å²) in [6.45, 7) is 2.14. The molecule has 0 spiro atoms. The number of rotatable bonds is 3. The van der Waals surface area contributed by atoms with Crippen LogP contribution in [-0.2, 0) is 6.42 Å². The molecule has 0 saturated carbocycles. The molecule has 0 bridgehead atoms. The van der Waals surface area contributed by atoms with Crippen LogP contribution in [0.4, 0.5) is 5.69 Å². The lowest BCUT2D eigenvalue weighted by molar-refractivity contribution is 0.1000. The van der Waals surface area contributed by atoms with E-state index in [2.05, 4.69) is 5.32 Å². The monoisotopic (exact) mass is 269 g/mol. The minimum atomic E-state index is -0.392. The van der Waals surface area contributed by atoms with Crippen molar-refractivity contribution in [1.29, 1.82) is 0 Å². The zero-order valence-corrected chi connectivity index (χ0v) is 11.1. The van der Waals surface area contributed by atoms with Crippen LogP contribution in [-0.4, -0.2) is 19.0 Å². The van der Waals surface area contributed by atoms with E-state index in [9.17, 15) is 4.79 Å². The molecule has 0 aromatic heterocycles. The van der Waals surface area contributed by atoms with Gasteiger partial charge < -0.3 is 16.8 Å². The zero-order chi connectivity index (χ0) is 12.3. The molecule has 1 fully saturated rings. The number of anilines is 1. The molecule has 18 heavy (non-hydrogen) atoms. The SMILES string of the molecule is Cl.NC(=O)c1ccc(N)c(CC2CCNCC2)c1. The van der Waals surface area contributed by atoms with E-state index in [1.54, 1.807) is 12.1 Å². The lowest BCUT2D eigenvalue weighted by atomic mass is 9.90. The Morgan fingerprint density at radius 1 is 1.33 bits per heavy atom.